The number of aromatic amines is 1. The summed E-state index contributed by atoms with van der Waals surface area (Å²) in [5.74, 6) is -0.435. The van der Waals surface area contributed by atoms with Gasteiger partial charge < -0.3 is 9.72 Å². The third kappa shape index (κ3) is 2.64. The van der Waals surface area contributed by atoms with Crippen LogP contribution in [0.4, 0.5) is 4.39 Å². The SMILES string of the molecule is CC(C)COC(=O)c1cc2cc(F)ccc2[nH]1. The number of rotatable bonds is 3. The van der Waals surface area contributed by atoms with Crippen molar-refractivity contribution in [2.45, 2.75) is 13.8 Å². The van der Waals surface area contributed by atoms with Crippen molar-refractivity contribution < 1.29 is 13.9 Å². The Balaban J connectivity index is 2.21. The lowest BCUT2D eigenvalue weighted by Crippen LogP contribution is -2.10. The maximum Gasteiger partial charge on any atom is 0.354 e. The normalized spacial score (nSPS) is 11.1. The third-order valence-electron chi connectivity index (χ3n) is 2.35. The summed E-state index contributed by atoms with van der Waals surface area (Å²) in [6.07, 6.45) is 0. The number of carbonyl (C=O) groups excluding carboxylic acids is 1. The van der Waals surface area contributed by atoms with Crippen LogP contribution < -0.4 is 0 Å². The zero-order valence-electron chi connectivity index (χ0n) is 9.79. The maximum atomic E-state index is 13.0. The summed E-state index contributed by atoms with van der Waals surface area (Å²) in [5, 5.41) is 0.668. The standard InChI is InChI=1S/C13H14FNO2/c1-8(2)7-17-13(16)12-6-9-5-10(14)3-4-11(9)15-12/h3-6,8,15H,7H2,1-2H3. The monoisotopic (exact) mass is 235 g/mol. The molecule has 2 aromatic rings. The van der Waals surface area contributed by atoms with Crippen LogP contribution in [0.2, 0.25) is 0 Å². The molecule has 90 valence electrons. The molecule has 1 aromatic carbocycles. The number of carbonyl (C=O) groups is 1. The van der Waals surface area contributed by atoms with Crippen molar-refractivity contribution in [1.82, 2.24) is 4.98 Å². The van der Waals surface area contributed by atoms with Crippen molar-refractivity contribution in [2.75, 3.05) is 6.61 Å². The van der Waals surface area contributed by atoms with Gasteiger partial charge in [0, 0.05) is 10.9 Å². The number of hydrogen-bond acceptors (Lipinski definition) is 2. The predicted octanol–water partition coefficient (Wildman–Crippen LogP) is 3.12. The molecule has 0 saturated carbocycles. The Morgan fingerprint density at radius 2 is 2.18 bits per heavy atom. The molecule has 0 unspecified atom stereocenters. The van der Waals surface area contributed by atoms with Gasteiger partial charge in [-0.25, -0.2) is 9.18 Å². The fraction of sp³-hybridized carbons (Fsp3) is 0.308. The first kappa shape index (κ1) is 11.6. The molecule has 0 aliphatic carbocycles. The Kier molecular flexibility index (Phi) is 3.13. The average Bonchev–Trinajstić information content (AvgIpc) is 2.68. The van der Waals surface area contributed by atoms with E-state index in [4.69, 9.17) is 4.74 Å². The van der Waals surface area contributed by atoms with Crippen molar-refractivity contribution in [3.05, 3.63) is 35.8 Å². The number of esters is 1. The van der Waals surface area contributed by atoms with Crippen molar-refractivity contribution in [3.63, 3.8) is 0 Å². The van der Waals surface area contributed by atoms with Crippen LogP contribution >= 0.6 is 0 Å². The molecule has 0 radical (unpaired) electrons. The molecule has 2 rings (SSSR count). The molecule has 0 amide bonds. The van der Waals surface area contributed by atoms with Crippen LogP contribution in [0, 0.1) is 11.7 Å². The lowest BCUT2D eigenvalue weighted by atomic mass is 10.2. The van der Waals surface area contributed by atoms with Crippen molar-refractivity contribution in [1.29, 1.82) is 0 Å². The fourth-order valence-electron chi connectivity index (χ4n) is 1.53. The molecule has 1 N–H and O–H groups in total. The topological polar surface area (TPSA) is 42.1 Å². The first-order valence-electron chi connectivity index (χ1n) is 5.51. The Bertz CT molecular complexity index is 545. The summed E-state index contributed by atoms with van der Waals surface area (Å²) in [7, 11) is 0. The molecular formula is C13H14FNO2. The number of benzene rings is 1. The smallest absolute Gasteiger partial charge is 0.354 e. The number of halogens is 1. The van der Waals surface area contributed by atoms with E-state index in [-0.39, 0.29) is 5.82 Å². The number of fused-ring (bicyclic) bond motifs is 1. The van der Waals surface area contributed by atoms with Gasteiger partial charge in [0.15, 0.2) is 0 Å². The van der Waals surface area contributed by atoms with Crippen LogP contribution in [0.25, 0.3) is 10.9 Å². The van der Waals surface area contributed by atoms with Gasteiger partial charge in [0.2, 0.25) is 0 Å². The molecule has 1 heterocycles. The Hall–Kier alpha value is -1.84. The highest BCUT2D eigenvalue weighted by Gasteiger charge is 2.11. The van der Waals surface area contributed by atoms with Gasteiger partial charge in [-0.3, -0.25) is 0 Å². The number of H-pyrrole nitrogens is 1. The van der Waals surface area contributed by atoms with Gasteiger partial charge in [-0.2, -0.15) is 0 Å². The van der Waals surface area contributed by atoms with E-state index >= 15 is 0 Å². The quantitative estimate of drug-likeness (QED) is 0.830. The molecule has 0 saturated heterocycles. The highest BCUT2D eigenvalue weighted by atomic mass is 19.1. The molecule has 0 fully saturated rings. The summed E-state index contributed by atoms with van der Waals surface area (Å²) in [5.41, 5.74) is 1.08. The maximum absolute atomic E-state index is 13.0. The van der Waals surface area contributed by atoms with Gasteiger partial charge in [-0.05, 0) is 30.2 Å². The molecule has 3 nitrogen and oxygen atoms in total. The third-order valence-corrected chi connectivity index (χ3v) is 2.35. The van der Waals surface area contributed by atoms with Crippen LogP contribution in [-0.2, 0) is 4.74 Å². The van der Waals surface area contributed by atoms with Gasteiger partial charge in [-0.15, -0.1) is 0 Å². The van der Waals surface area contributed by atoms with Gasteiger partial charge in [-0.1, -0.05) is 13.8 Å². The molecule has 0 aliphatic heterocycles. The summed E-state index contributed by atoms with van der Waals surface area (Å²) in [6, 6.07) is 5.93. The van der Waals surface area contributed by atoms with E-state index in [9.17, 15) is 9.18 Å². The largest absolute Gasteiger partial charge is 0.461 e. The van der Waals surface area contributed by atoms with Gasteiger partial charge in [0.05, 0.1) is 6.61 Å². The highest BCUT2D eigenvalue weighted by Crippen LogP contribution is 2.17. The molecule has 0 aliphatic rings. The summed E-state index contributed by atoms with van der Waals surface area (Å²) >= 11 is 0. The van der Waals surface area contributed by atoms with E-state index in [0.717, 1.165) is 5.52 Å². The lowest BCUT2D eigenvalue weighted by Gasteiger charge is -2.05. The van der Waals surface area contributed by atoms with Crippen molar-refractivity contribution >= 4 is 16.9 Å². The first-order valence-corrected chi connectivity index (χ1v) is 5.51. The summed E-state index contributed by atoms with van der Waals surface area (Å²) < 4.78 is 18.1. The summed E-state index contributed by atoms with van der Waals surface area (Å²) in [4.78, 5) is 14.6. The minimum atomic E-state index is -0.407. The van der Waals surface area contributed by atoms with Crippen molar-refractivity contribution in [2.24, 2.45) is 5.92 Å². The number of hydrogen-bond donors (Lipinski definition) is 1. The summed E-state index contributed by atoms with van der Waals surface area (Å²) in [6.45, 7) is 4.31. The molecule has 17 heavy (non-hydrogen) atoms. The van der Waals surface area contributed by atoms with E-state index in [1.807, 2.05) is 13.8 Å². The van der Waals surface area contributed by atoms with E-state index < -0.39 is 5.97 Å². The highest BCUT2D eigenvalue weighted by molar-refractivity contribution is 5.94. The number of aromatic nitrogens is 1. The second kappa shape index (κ2) is 4.57. The minimum absolute atomic E-state index is 0.292. The van der Waals surface area contributed by atoms with Gasteiger partial charge >= 0.3 is 5.97 Å². The van der Waals surface area contributed by atoms with Crippen LogP contribution in [-0.4, -0.2) is 17.6 Å². The molecule has 1 aromatic heterocycles. The zero-order valence-corrected chi connectivity index (χ0v) is 9.79. The molecule has 0 atom stereocenters. The minimum Gasteiger partial charge on any atom is -0.461 e. The van der Waals surface area contributed by atoms with Crippen LogP contribution in [0.15, 0.2) is 24.3 Å². The van der Waals surface area contributed by atoms with E-state index in [1.54, 1.807) is 12.1 Å². The fourth-order valence-corrected chi connectivity index (χ4v) is 1.53. The number of nitrogens with one attached hydrogen (secondary N) is 1. The average molecular weight is 235 g/mol. The second-order valence-electron chi connectivity index (χ2n) is 4.41. The van der Waals surface area contributed by atoms with Crippen molar-refractivity contribution in [3.8, 4) is 0 Å². The van der Waals surface area contributed by atoms with E-state index in [0.29, 0.717) is 23.6 Å². The molecular weight excluding hydrogens is 221 g/mol. The second-order valence-corrected chi connectivity index (χ2v) is 4.41. The van der Waals surface area contributed by atoms with E-state index in [2.05, 4.69) is 4.98 Å². The number of ether oxygens (including phenoxy) is 1. The predicted molar refractivity (Wildman–Crippen MR) is 63.4 cm³/mol. The Labute approximate surface area is 98.6 Å². The zero-order chi connectivity index (χ0) is 12.4. The van der Waals surface area contributed by atoms with Crippen LogP contribution in [0.1, 0.15) is 24.3 Å². The lowest BCUT2D eigenvalue weighted by molar-refractivity contribution is 0.0453. The molecule has 4 heteroatoms. The van der Waals surface area contributed by atoms with Crippen LogP contribution in [0.3, 0.4) is 0 Å². The van der Waals surface area contributed by atoms with Gasteiger partial charge in [0.25, 0.3) is 0 Å². The Morgan fingerprint density at radius 3 is 2.88 bits per heavy atom. The Morgan fingerprint density at radius 1 is 1.41 bits per heavy atom. The molecule has 0 spiro atoms. The van der Waals surface area contributed by atoms with Gasteiger partial charge in [0.1, 0.15) is 11.5 Å². The van der Waals surface area contributed by atoms with Crippen LogP contribution in [0.5, 0.6) is 0 Å². The van der Waals surface area contributed by atoms with E-state index in [1.165, 1.54) is 12.1 Å². The first-order chi connectivity index (χ1) is 8.06. The molecule has 0 bridgehead atoms.